The number of hydrogen-bond acceptors (Lipinski definition) is 1. The molecule has 0 spiro atoms. The van der Waals surface area contributed by atoms with Crippen LogP contribution in [0.15, 0.2) is 23.4 Å². The van der Waals surface area contributed by atoms with E-state index < -0.39 is 0 Å². The third-order valence-corrected chi connectivity index (χ3v) is 0.938. The molecule has 0 saturated carbocycles. The second-order valence-electron chi connectivity index (χ2n) is 1.46. The lowest BCUT2D eigenvalue weighted by atomic mass is 10.3. The smallest absolute Gasteiger partial charge is 0.132 e. The van der Waals surface area contributed by atoms with Gasteiger partial charge in [-0.05, 0) is 12.5 Å². The largest absolute Gasteiger partial charge is 0.496 e. The van der Waals surface area contributed by atoms with Gasteiger partial charge in [-0.25, -0.2) is 0 Å². The monoisotopic (exact) mass is 132 g/mol. The van der Waals surface area contributed by atoms with Crippen molar-refractivity contribution in [3.05, 3.63) is 23.4 Å². The molecule has 0 rings (SSSR count). The summed E-state index contributed by atoms with van der Waals surface area (Å²) < 4.78 is 4.79. The molecular weight excluding hydrogens is 124 g/mol. The quantitative estimate of drug-likeness (QED) is 0.414. The molecule has 2 heteroatoms. The lowest BCUT2D eigenvalue weighted by Gasteiger charge is -2.00. The van der Waals surface area contributed by atoms with Crippen molar-refractivity contribution in [2.24, 2.45) is 0 Å². The highest BCUT2D eigenvalue weighted by Crippen LogP contribution is 2.07. The topological polar surface area (TPSA) is 9.23 Å². The van der Waals surface area contributed by atoms with Crippen molar-refractivity contribution in [1.82, 2.24) is 0 Å². The summed E-state index contributed by atoms with van der Waals surface area (Å²) in [5.74, 6) is 0.631. The van der Waals surface area contributed by atoms with E-state index >= 15 is 0 Å². The second-order valence-corrected chi connectivity index (χ2v) is 1.68. The molecular formula is C6H9ClO. The van der Waals surface area contributed by atoms with Gasteiger partial charge in [-0.2, -0.15) is 0 Å². The maximum Gasteiger partial charge on any atom is 0.132 e. The van der Waals surface area contributed by atoms with E-state index in [0.717, 1.165) is 5.57 Å². The van der Waals surface area contributed by atoms with Crippen LogP contribution in [0.5, 0.6) is 0 Å². The van der Waals surface area contributed by atoms with E-state index in [0.29, 0.717) is 5.76 Å². The molecule has 0 aliphatic rings. The minimum atomic E-state index is 0.631. The maximum absolute atomic E-state index is 5.31. The highest BCUT2D eigenvalue weighted by molar-refractivity contribution is 6.25. The summed E-state index contributed by atoms with van der Waals surface area (Å²) in [5.41, 5.74) is 2.20. The van der Waals surface area contributed by atoms with Crippen molar-refractivity contribution >= 4 is 11.6 Å². The molecule has 0 aliphatic carbocycles. The molecule has 0 radical (unpaired) electrons. The van der Waals surface area contributed by atoms with Crippen molar-refractivity contribution in [3.8, 4) is 0 Å². The summed E-state index contributed by atoms with van der Waals surface area (Å²) >= 11 is 5.31. The lowest BCUT2D eigenvalue weighted by Crippen LogP contribution is -1.83. The maximum atomic E-state index is 5.31. The summed E-state index contributed by atoms with van der Waals surface area (Å²) in [6.45, 7) is 5.45. The fourth-order valence-corrected chi connectivity index (χ4v) is 0.587. The summed E-state index contributed by atoms with van der Waals surface area (Å²) in [4.78, 5) is 0. The minimum absolute atomic E-state index is 0.631. The first kappa shape index (κ1) is 7.57. The van der Waals surface area contributed by atoms with Crippen LogP contribution in [0.3, 0.4) is 0 Å². The van der Waals surface area contributed by atoms with Crippen LogP contribution in [0.25, 0.3) is 0 Å². The van der Waals surface area contributed by atoms with Crippen molar-refractivity contribution < 1.29 is 4.74 Å². The Bertz CT molecular complexity index is 116. The Kier molecular flexibility index (Phi) is 3.37. The van der Waals surface area contributed by atoms with Gasteiger partial charge in [-0.3, -0.25) is 0 Å². The summed E-state index contributed by atoms with van der Waals surface area (Å²) in [6, 6.07) is 0. The van der Waals surface area contributed by atoms with Crippen LogP contribution in [-0.2, 0) is 4.74 Å². The predicted octanol–water partition coefficient (Wildman–Crippen LogP) is 2.29. The van der Waals surface area contributed by atoms with E-state index in [1.807, 2.05) is 6.92 Å². The fraction of sp³-hybridized carbons (Fsp3) is 0.333. The third kappa shape index (κ3) is 2.03. The summed E-state index contributed by atoms with van der Waals surface area (Å²) in [7, 11) is 1.56. The van der Waals surface area contributed by atoms with Crippen molar-refractivity contribution in [2.75, 3.05) is 7.11 Å². The van der Waals surface area contributed by atoms with Crippen molar-refractivity contribution in [2.45, 2.75) is 6.92 Å². The van der Waals surface area contributed by atoms with Gasteiger partial charge in [-0.15, -0.1) is 0 Å². The Hall–Kier alpha value is -0.430. The average Bonchev–Trinajstić information content (AvgIpc) is 1.69. The molecule has 0 saturated heterocycles. The Morgan fingerprint density at radius 1 is 1.75 bits per heavy atom. The highest BCUT2D eigenvalue weighted by Gasteiger charge is 1.91. The van der Waals surface area contributed by atoms with E-state index in [1.165, 1.54) is 5.54 Å². The normalized spacial score (nSPS) is 11.1. The molecule has 46 valence electrons. The molecule has 0 aromatic heterocycles. The number of methoxy groups -OCH3 is 1. The van der Waals surface area contributed by atoms with Gasteiger partial charge in [0.05, 0.1) is 7.11 Å². The number of rotatable bonds is 2. The standard InChI is InChI=1S/C6H9ClO/c1-5(2)6(4-7)8-3/h4H,1H2,2-3H3. The molecule has 1 nitrogen and oxygen atoms in total. The first-order valence-electron chi connectivity index (χ1n) is 2.22. The second kappa shape index (κ2) is 3.56. The van der Waals surface area contributed by atoms with Crippen LogP contribution in [0.4, 0.5) is 0 Å². The molecule has 0 fully saturated rings. The van der Waals surface area contributed by atoms with Crippen molar-refractivity contribution in [3.63, 3.8) is 0 Å². The summed E-state index contributed by atoms with van der Waals surface area (Å²) in [6.07, 6.45) is 0. The number of ether oxygens (including phenoxy) is 1. The van der Waals surface area contributed by atoms with Crippen LogP contribution in [0.2, 0.25) is 0 Å². The zero-order valence-corrected chi connectivity index (χ0v) is 5.83. The molecule has 0 aromatic rings. The minimum Gasteiger partial charge on any atom is -0.496 e. The molecule has 0 bridgehead atoms. The number of hydrogen-bond donors (Lipinski definition) is 0. The van der Waals surface area contributed by atoms with Gasteiger partial charge < -0.3 is 4.74 Å². The van der Waals surface area contributed by atoms with E-state index in [1.54, 1.807) is 7.11 Å². The molecule has 0 atom stereocenters. The SMILES string of the molecule is C=C(C)C(=CCl)OC. The lowest BCUT2D eigenvalue weighted by molar-refractivity contribution is 0.302. The molecule has 0 N–H and O–H groups in total. The van der Waals surface area contributed by atoms with Gasteiger partial charge in [0.1, 0.15) is 5.76 Å². The van der Waals surface area contributed by atoms with Crippen LogP contribution in [0.1, 0.15) is 6.92 Å². The zero-order chi connectivity index (χ0) is 6.57. The highest BCUT2D eigenvalue weighted by atomic mass is 35.5. The molecule has 0 aliphatic heterocycles. The van der Waals surface area contributed by atoms with Crippen LogP contribution >= 0.6 is 11.6 Å². The molecule has 8 heavy (non-hydrogen) atoms. The Labute approximate surface area is 54.6 Å². The molecule has 0 aromatic carbocycles. The zero-order valence-electron chi connectivity index (χ0n) is 5.07. The fourth-order valence-electron chi connectivity index (χ4n) is 0.312. The van der Waals surface area contributed by atoms with Gasteiger partial charge in [0, 0.05) is 5.54 Å². The van der Waals surface area contributed by atoms with E-state index in [9.17, 15) is 0 Å². The Morgan fingerprint density at radius 2 is 2.25 bits per heavy atom. The Balaban J connectivity index is 3.92. The van der Waals surface area contributed by atoms with E-state index in [2.05, 4.69) is 6.58 Å². The van der Waals surface area contributed by atoms with Crippen LogP contribution < -0.4 is 0 Å². The first-order chi connectivity index (χ1) is 3.72. The molecule has 0 amide bonds. The number of allylic oxidation sites excluding steroid dienone is 1. The van der Waals surface area contributed by atoms with Crippen molar-refractivity contribution in [1.29, 1.82) is 0 Å². The van der Waals surface area contributed by atoms with Gasteiger partial charge >= 0.3 is 0 Å². The van der Waals surface area contributed by atoms with E-state index in [4.69, 9.17) is 16.3 Å². The molecule has 0 unspecified atom stereocenters. The third-order valence-electron chi connectivity index (χ3n) is 0.740. The molecule has 0 heterocycles. The van der Waals surface area contributed by atoms with E-state index in [-0.39, 0.29) is 0 Å². The summed E-state index contributed by atoms with van der Waals surface area (Å²) in [5, 5.41) is 0. The Morgan fingerprint density at radius 3 is 2.25 bits per heavy atom. The predicted molar refractivity (Wildman–Crippen MR) is 35.8 cm³/mol. The van der Waals surface area contributed by atoms with Gasteiger partial charge in [0.2, 0.25) is 0 Å². The first-order valence-corrected chi connectivity index (χ1v) is 2.66. The van der Waals surface area contributed by atoms with Gasteiger partial charge in [0.25, 0.3) is 0 Å². The van der Waals surface area contributed by atoms with Gasteiger partial charge in [-0.1, -0.05) is 18.2 Å². The van der Waals surface area contributed by atoms with Crippen LogP contribution in [0, 0.1) is 0 Å². The number of halogens is 1. The average molecular weight is 133 g/mol. The van der Waals surface area contributed by atoms with Crippen LogP contribution in [-0.4, -0.2) is 7.11 Å². The van der Waals surface area contributed by atoms with Gasteiger partial charge in [0.15, 0.2) is 0 Å².